The lowest BCUT2D eigenvalue weighted by molar-refractivity contribution is -0.139. The van der Waals surface area contributed by atoms with Gasteiger partial charge in [0, 0.05) is 5.56 Å². The van der Waals surface area contributed by atoms with Gasteiger partial charge in [-0.05, 0) is 98.1 Å². The number of amides is 1. The van der Waals surface area contributed by atoms with Crippen molar-refractivity contribution in [2.75, 3.05) is 11.5 Å². The summed E-state index contributed by atoms with van der Waals surface area (Å²) >= 11 is 1.28. The highest BCUT2D eigenvalue weighted by Gasteiger charge is 2.35. The Morgan fingerprint density at radius 2 is 1.66 bits per heavy atom. The van der Waals surface area contributed by atoms with Gasteiger partial charge in [-0.1, -0.05) is 30.3 Å². The van der Waals surface area contributed by atoms with E-state index in [9.17, 15) is 9.59 Å². The van der Waals surface area contributed by atoms with Gasteiger partial charge in [0.25, 0.3) is 5.91 Å². The van der Waals surface area contributed by atoms with Crippen LogP contribution >= 0.6 is 11.8 Å². The first-order valence-electron chi connectivity index (χ1n) is 11.1. The molecule has 1 amide bonds. The lowest BCUT2D eigenvalue weighted by atomic mass is 10.1. The Labute approximate surface area is 209 Å². The van der Waals surface area contributed by atoms with E-state index in [4.69, 9.17) is 14.8 Å². The van der Waals surface area contributed by atoms with E-state index in [2.05, 4.69) is 0 Å². The van der Waals surface area contributed by atoms with E-state index in [1.807, 2.05) is 70.2 Å². The monoisotopic (exact) mass is 486 g/mol. The van der Waals surface area contributed by atoms with Gasteiger partial charge in [-0.2, -0.15) is 0 Å². The van der Waals surface area contributed by atoms with Crippen LogP contribution in [0.1, 0.15) is 27.8 Å². The summed E-state index contributed by atoms with van der Waals surface area (Å²) in [5.74, 6) is -0.871. The van der Waals surface area contributed by atoms with Gasteiger partial charge in [0.2, 0.25) is 0 Å². The highest BCUT2D eigenvalue weighted by atomic mass is 32.2. The fraction of sp³-hybridized carbons (Fsp3) is 0.179. The molecule has 0 saturated carbocycles. The van der Waals surface area contributed by atoms with Crippen LogP contribution in [0.4, 0.5) is 11.4 Å². The van der Waals surface area contributed by atoms with E-state index >= 15 is 0 Å². The topological polar surface area (TPSA) is 79.2 Å². The quantitative estimate of drug-likeness (QED) is 0.420. The molecule has 0 aromatic heterocycles. The molecule has 0 radical (unpaired) electrons. The molecule has 1 heterocycles. The molecule has 0 unspecified atom stereocenters. The van der Waals surface area contributed by atoms with Gasteiger partial charge in [0.15, 0.2) is 11.8 Å². The van der Waals surface area contributed by atoms with Gasteiger partial charge in [-0.15, -0.1) is 0 Å². The minimum atomic E-state index is -1.07. The molecule has 6 nitrogen and oxygen atoms in total. The highest BCUT2D eigenvalue weighted by molar-refractivity contribution is 8.19. The molecule has 1 fully saturated rings. The molecule has 7 heteroatoms. The molecule has 4 rings (SSSR count). The van der Waals surface area contributed by atoms with E-state index in [1.165, 1.54) is 17.3 Å². The van der Waals surface area contributed by atoms with Crippen molar-refractivity contribution in [1.82, 2.24) is 0 Å². The number of amidine groups is 1. The molecule has 0 spiro atoms. The van der Waals surface area contributed by atoms with Crippen LogP contribution in [0.5, 0.6) is 5.75 Å². The van der Waals surface area contributed by atoms with Gasteiger partial charge in [-0.3, -0.25) is 9.69 Å². The van der Waals surface area contributed by atoms with Crippen molar-refractivity contribution in [1.29, 1.82) is 0 Å². The number of hydrogen-bond donors (Lipinski definition) is 1. The van der Waals surface area contributed by atoms with E-state index in [1.54, 1.807) is 29.2 Å². The van der Waals surface area contributed by atoms with Crippen molar-refractivity contribution >= 4 is 46.3 Å². The molecule has 1 N–H and O–H groups in total. The second-order valence-electron chi connectivity index (χ2n) is 8.40. The Morgan fingerprint density at radius 3 is 2.34 bits per heavy atom. The second kappa shape index (κ2) is 10.2. The van der Waals surface area contributed by atoms with Gasteiger partial charge >= 0.3 is 5.97 Å². The zero-order chi connectivity index (χ0) is 25.1. The molecule has 1 aliphatic heterocycles. The summed E-state index contributed by atoms with van der Waals surface area (Å²) in [6.45, 7) is 7.66. The Hall–Kier alpha value is -3.84. The van der Waals surface area contributed by atoms with E-state index in [-0.39, 0.29) is 5.91 Å². The fourth-order valence-electron chi connectivity index (χ4n) is 3.56. The Kier molecular flexibility index (Phi) is 7.07. The number of ether oxygens (including phenoxy) is 1. The van der Waals surface area contributed by atoms with Crippen LogP contribution in [0.25, 0.3) is 6.08 Å². The molecular formula is C28H26N2O4S. The standard InChI is InChI=1S/C28H26N2O4S/c1-17-9-11-22(13-19(17)3)29-28-30(23-12-10-18(2)20(4)14-23)27(33)25(35-28)15-21-7-5-6-8-24(21)34-16-26(31)32/h5-15H,16H2,1-4H3,(H,31,32)/b25-15+,29-28?. The number of rotatable bonds is 6. The summed E-state index contributed by atoms with van der Waals surface area (Å²) in [5.41, 5.74) is 6.65. The van der Waals surface area contributed by atoms with Crippen LogP contribution in [0.2, 0.25) is 0 Å². The Balaban J connectivity index is 1.78. The molecule has 0 aliphatic carbocycles. The van der Waals surface area contributed by atoms with Gasteiger partial charge in [0.1, 0.15) is 5.75 Å². The van der Waals surface area contributed by atoms with Crippen LogP contribution in [0.15, 0.2) is 70.6 Å². The van der Waals surface area contributed by atoms with Crippen LogP contribution in [-0.4, -0.2) is 28.8 Å². The van der Waals surface area contributed by atoms with Crippen LogP contribution in [0.3, 0.4) is 0 Å². The van der Waals surface area contributed by atoms with E-state index in [0.29, 0.717) is 21.4 Å². The van der Waals surface area contributed by atoms with E-state index in [0.717, 1.165) is 28.1 Å². The molecular weight excluding hydrogens is 460 g/mol. The molecule has 0 atom stereocenters. The number of para-hydroxylation sites is 1. The predicted molar refractivity (Wildman–Crippen MR) is 142 cm³/mol. The lowest BCUT2D eigenvalue weighted by Gasteiger charge is -2.17. The Morgan fingerprint density at radius 1 is 0.971 bits per heavy atom. The number of anilines is 1. The molecule has 3 aromatic carbocycles. The second-order valence-corrected chi connectivity index (χ2v) is 9.41. The van der Waals surface area contributed by atoms with Crippen molar-refractivity contribution in [3.8, 4) is 5.75 Å². The minimum absolute atomic E-state index is 0.200. The van der Waals surface area contributed by atoms with E-state index < -0.39 is 12.6 Å². The zero-order valence-corrected chi connectivity index (χ0v) is 20.8. The summed E-state index contributed by atoms with van der Waals surface area (Å²) in [6.07, 6.45) is 1.72. The average molecular weight is 487 g/mol. The highest BCUT2D eigenvalue weighted by Crippen LogP contribution is 2.39. The van der Waals surface area contributed by atoms with Crippen molar-refractivity contribution in [3.05, 3.63) is 93.4 Å². The number of aliphatic carboxylic acids is 1. The minimum Gasteiger partial charge on any atom is -0.481 e. The number of hydrogen-bond acceptors (Lipinski definition) is 5. The third-order valence-corrected chi connectivity index (χ3v) is 6.80. The molecule has 0 bridgehead atoms. The first-order chi connectivity index (χ1) is 16.7. The number of carbonyl (C=O) groups excluding carboxylic acids is 1. The number of carbonyl (C=O) groups is 2. The summed E-state index contributed by atoms with van der Waals surface area (Å²) in [7, 11) is 0. The van der Waals surface area contributed by atoms with Crippen molar-refractivity contribution in [2.45, 2.75) is 27.7 Å². The van der Waals surface area contributed by atoms with Crippen molar-refractivity contribution < 1.29 is 19.4 Å². The number of nitrogens with zero attached hydrogens (tertiary/aromatic N) is 2. The normalized spacial score (nSPS) is 15.8. The lowest BCUT2D eigenvalue weighted by Crippen LogP contribution is -2.28. The first-order valence-corrected chi connectivity index (χ1v) is 12.0. The maximum atomic E-state index is 13.6. The largest absolute Gasteiger partial charge is 0.481 e. The van der Waals surface area contributed by atoms with Crippen LogP contribution < -0.4 is 9.64 Å². The molecule has 1 saturated heterocycles. The molecule has 3 aromatic rings. The number of carboxylic acid groups (broad SMARTS) is 1. The third-order valence-electron chi connectivity index (χ3n) is 5.83. The third kappa shape index (κ3) is 5.46. The van der Waals surface area contributed by atoms with Crippen molar-refractivity contribution in [3.63, 3.8) is 0 Å². The SMILES string of the molecule is Cc1ccc(N=C2S/C(=C/c3ccccc3OCC(=O)O)C(=O)N2c2ccc(C)c(C)c2)cc1C. The number of carboxylic acids is 1. The van der Waals surface area contributed by atoms with Crippen LogP contribution in [0, 0.1) is 27.7 Å². The predicted octanol–water partition coefficient (Wildman–Crippen LogP) is 6.19. The smallest absolute Gasteiger partial charge is 0.341 e. The zero-order valence-electron chi connectivity index (χ0n) is 20.0. The summed E-state index contributed by atoms with van der Waals surface area (Å²) < 4.78 is 5.42. The Bertz CT molecular complexity index is 1380. The van der Waals surface area contributed by atoms with Gasteiger partial charge < -0.3 is 9.84 Å². The molecule has 178 valence electrons. The number of aryl methyl sites for hydroxylation is 4. The van der Waals surface area contributed by atoms with Gasteiger partial charge in [0.05, 0.1) is 16.3 Å². The summed E-state index contributed by atoms with van der Waals surface area (Å²) in [5, 5.41) is 9.54. The number of thioether (sulfide) groups is 1. The molecule has 35 heavy (non-hydrogen) atoms. The van der Waals surface area contributed by atoms with Crippen LogP contribution in [-0.2, 0) is 9.59 Å². The average Bonchev–Trinajstić information content (AvgIpc) is 3.12. The molecule has 1 aliphatic rings. The summed E-state index contributed by atoms with van der Waals surface area (Å²) in [4.78, 5) is 31.5. The van der Waals surface area contributed by atoms with Crippen molar-refractivity contribution in [2.24, 2.45) is 4.99 Å². The maximum Gasteiger partial charge on any atom is 0.341 e. The number of benzene rings is 3. The van der Waals surface area contributed by atoms with Gasteiger partial charge in [-0.25, -0.2) is 9.79 Å². The fourth-order valence-corrected chi connectivity index (χ4v) is 4.55. The maximum absolute atomic E-state index is 13.6. The number of aliphatic imine (C=N–C) groups is 1. The first kappa shape index (κ1) is 24.3. The summed E-state index contributed by atoms with van der Waals surface area (Å²) in [6, 6.07) is 18.9.